The third kappa shape index (κ3) is 2.25. The Balaban J connectivity index is 2.53. The van der Waals surface area contributed by atoms with Crippen molar-refractivity contribution in [3.8, 4) is 0 Å². The molecule has 4 nitrogen and oxygen atoms in total. The van der Waals surface area contributed by atoms with Crippen LogP contribution >= 0.6 is 11.6 Å². The molecule has 0 aromatic carbocycles. The summed E-state index contributed by atoms with van der Waals surface area (Å²) >= 11 is 5.44. The summed E-state index contributed by atoms with van der Waals surface area (Å²) in [4.78, 5) is 11.0. The number of rotatable bonds is 3. The van der Waals surface area contributed by atoms with Crippen LogP contribution in [0, 0.1) is 0 Å². The molecule has 66 valence electrons. The lowest BCUT2D eigenvalue weighted by Gasteiger charge is -1.97. The largest absolute Gasteiger partial charge is 0.440 e. The van der Waals surface area contributed by atoms with E-state index < -0.39 is 0 Å². The fourth-order valence-electron chi connectivity index (χ4n) is 0.693. The molecule has 0 aliphatic rings. The predicted molar refractivity (Wildman–Crippen MR) is 43.1 cm³/mol. The summed E-state index contributed by atoms with van der Waals surface area (Å²) < 4.78 is 4.81. The quantitative estimate of drug-likeness (QED) is 0.734. The van der Waals surface area contributed by atoms with E-state index in [1.165, 1.54) is 12.1 Å². The molecule has 0 aliphatic heterocycles. The van der Waals surface area contributed by atoms with Crippen molar-refractivity contribution in [3.63, 3.8) is 0 Å². The van der Waals surface area contributed by atoms with E-state index in [0.29, 0.717) is 0 Å². The SMILES string of the molecule is O=C(NCCO)c1ccc(Cl)o1. The van der Waals surface area contributed by atoms with Crippen molar-refractivity contribution in [2.45, 2.75) is 0 Å². The Labute approximate surface area is 74.1 Å². The standard InChI is InChI=1S/C7H8ClNO3/c8-6-2-1-5(12-6)7(11)9-3-4-10/h1-2,10H,3-4H2,(H,9,11). The second kappa shape index (κ2) is 4.13. The van der Waals surface area contributed by atoms with Crippen LogP contribution in [0.5, 0.6) is 0 Å². The van der Waals surface area contributed by atoms with Gasteiger partial charge in [0.25, 0.3) is 5.91 Å². The molecule has 1 amide bonds. The zero-order valence-corrected chi connectivity index (χ0v) is 6.97. The van der Waals surface area contributed by atoms with Gasteiger partial charge in [0, 0.05) is 6.54 Å². The van der Waals surface area contributed by atoms with Crippen LogP contribution in [0.25, 0.3) is 0 Å². The molecular formula is C7H8ClNO3. The number of halogens is 1. The van der Waals surface area contributed by atoms with Gasteiger partial charge in [0.2, 0.25) is 0 Å². The van der Waals surface area contributed by atoms with Gasteiger partial charge in [0.05, 0.1) is 6.61 Å². The normalized spacial score (nSPS) is 9.83. The zero-order chi connectivity index (χ0) is 8.97. The minimum atomic E-state index is -0.379. The third-order valence-electron chi connectivity index (χ3n) is 1.19. The fraction of sp³-hybridized carbons (Fsp3) is 0.286. The van der Waals surface area contributed by atoms with Crippen molar-refractivity contribution < 1.29 is 14.3 Å². The minimum absolute atomic E-state index is 0.0970. The number of carbonyl (C=O) groups excluding carboxylic acids is 1. The van der Waals surface area contributed by atoms with Crippen molar-refractivity contribution in [1.29, 1.82) is 0 Å². The van der Waals surface area contributed by atoms with Gasteiger partial charge in [-0.1, -0.05) is 0 Å². The lowest BCUT2D eigenvalue weighted by Crippen LogP contribution is -2.25. The van der Waals surface area contributed by atoms with Crippen LogP contribution in [-0.2, 0) is 0 Å². The van der Waals surface area contributed by atoms with Crippen LogP contribution in [0.4, 0.5) is 0 Å². The zero-order valence-electron chi connectivity index (χ0n) is 6.21. The highest BCUT2D eigenvalue weighted by Crippen LogP contribution is 2.12. The molecule has 0 saturated heterocycles. The molecule has 1 aromatic heterocycles. The Morgan fingerprint density at radius 3 is 2.92 bits per heavy atom. The highest BCUT2D eigenvalue weighted by Gasteiger charge is 2.08. The molecule has 0 bridgehead atoms. The first-order valence-corrected chi connectivity index (χ1v) is 3.76. The molecule has 1 heterocycles. The van der Waals surface area contributed by atoms with Gasteiger partial charge in [-0.3, -0.25) is 4.79 Å². The second-order valence-electron chi connectivity index (χ2n) is 2.08. The molecule has 0 atom stereocenters. The summed E-state index contributed by atoms with van der Waals surface area (Å²) in [5.74, 6) is -0.232. The fourth-order valence-corrected chi connectivity index (χ4v) is 0.839. The van der Waals surface area contributed by atoms with Crippen molar-refractivity contribution in [2.75, 3.05) is 13.2 Å². The summed E-state index contributed by atoms with van der Waals surface area (Å²) in [6, 6.07) is 2.95. The average molecular weight is 190 g/mol. The highest BCUT2D eigenvalue weighted by molar-refractivity contribution is 6.29. The maximum absolute atomic E-state index is 11.0. The van der Waals surface area contributed by atoms with Crippen LogP contribution in [0.2, 0.25) is 5.22 Å². The van der Waals surface area contributed by atoms with E-state index in [2.05, 4.69) is 5.32 Å². The van der Waals surface area contributed by atoms with E-state index in [4.69, 9.17) is 21.1 Å². The summed E-state index contributed by atoms with van der Waals surface area (Å²) in [5.41, 5.74) is 0. The van der Waals surface area contributed by atoms with Gasteiger partial charge in [-0.05, 0) is 23.7 Å². The molecule has 0 aliphatic carbocycles. The van der Waals surface area contributed by atoms with Gasteiger partial charge >= 0.3 is 0 Å². The Bertz CT molecular complexity index is 271. The molecule has 0 unspecified atom stereocenters. The van der Waals surface area contributed by atoms with Gasteiger partial charge < -0.3 is 14.8 Å². The minimum Gasteiger partial charge on any atom is -0.440 e. The van der Waals surface area contributed by atoms with E-state index in [0.717, 1.165) is 0 Å². The number of hydrogen-bond acceptors (Lipinski definition) is 3. The average Bonchev–Trinajstić information content (AvgIpc) is 2.47. The first-order chi connectivity index (χ1) is 5.74. The molecule has 1 aromatic rings. The first-order valence-electron chi connectivity index (χ1n) is 3.38. The van der Waals surface area contributed by atoms with Gasteiger partial charge in [0.15, 0.2) is 11.0 Å². The molecule has 5 heteroatoms. The Hall–Kier alpha value is -1.00. The van der Waals surface area contributed by atoms with Gasteiger partial charge in [-0.15, -0.1) is 0 Å². The molecular weight excluding hydrogens is 182 g/mol. The lowest BCUT2D eigenvalue weighted by molar-refractivity contribution is 0.0917. The van der Waals surface area contributed by atoms with Crippen LogP contribution in [0.15, 0.2) is 16.5 Å². The number of furan rings is 1. The molecule has 0 spiro atoms. The van der Waals surface area contributed by atoms with Crippen molar-refractivity contribution >= 4 is 17.5 Å². The number of hydrogen-bond donors (Lipinski definition) is 2. The third-order valence-corrected chi connectivity index (χ3v) is 1.40. The summed E-state index contributed by atoms with van der Waals surface area (Å²) in [6.07, 6.45) is 0. The van der Waals surface area contributed by atoms with E-state index in [9.17, 15) is 4.79 Å². The summed E-state index contributed by atoms with van der Waals surface area (Å²) in [5, 5.41) is 11.0. The Morgan fingerprint density at radius 2 is 2.42 bits per heavy atom. The first kappa shape index (κ1) is 9.09. The second-order valence-corrected chi connectivity index (χ2v) is 2.46. The maximum atomic E-state index is 11.0. The number of amides is 1. The van der Waals surface area contributed by atoms with E-state index in [1.807, 2.05) is 0 Å². The Kier molecular flexibility index (Phi) is 3.13. The number of nitrogens with one attached hydrogen (secondary N) is 1. The van der Waals surface area contributed by atoms with Crippen LogP contribution in [0.3, 0.4) is 0 Å². The summed E-state index contributed by atoms with van der Waals surface area (Å²) in [6.45, 7) is 0.108. The van der Waals surface area contributed by atoms with Crippen molar-refractivity contribution in [1.82, 2.24) is 5.32 Å². The number of carbonyl (C=O) groups is 1. The molecule has 0 radical (unpaired) electrons. The smallest absolute Gasteiger partial charge is 0.287 e. The van der Waals surface area contributed by atoms with Crippen molar-refractivity contribution in [2.24, 2.45) is 0 Å². The van der Waals surface area contributed by atoms with Gasteiger partial charge in [-0.2, -0.15) is 0 Å². The Morgan fingerprint density at radius 1 is 1.67 bits per heavy atom. The van der Waals surface area contributed by atoms with E-state index >= 15 is 0 Å². The highest BCUT2D eigenvalue weighted by atomic mass is 35.5. The molecule has 2 N–H and O–H groups in total. The predicted octanol–water partition coefficient (Wildman–Crippen LogP) is 0.655. The topological polar surface area (TPSA) is 62.5 Å². The maximum Gasteiger partial charge on any atom is 0.287 e. The monoisotopic (exact) mass is 189 g/mol. The van der Waals surface area contributed by atoms with Crippen molar-refractivity contribution in [3.05, 3.63) is 23.1 Å². The van der Waals surface area contributed by atoms with E-state index in [-0.39, 0.29) is 30.0 Å². The molecule has 1 rings (SSSR count). The van der Waals surface area contributed by atoms with Crippen LogP contribution in [0.1, 0.15) is 10.6 Å². The van der Waals surface area contributed by atoms with Gasteiger partial charge in [0.1, 0.15) is 0 Å². The number of aliphatic hydroxyl groups excluding tert-OH is 1. The van der Waals surface area contributed by atoms with Crippen LogP contribution in [-0.4, -0.2) is 24.2 Å². The molecule has 0 saturated carbocycles. The van der Waals surface area contributed by atoms with Crippen LogP contribution < -0.4 is 5.32 Å². The number of aliphatic hydroxyl groups is 1. The van der Waals surface area contributed by atoms with E-state index in [1.54, 1.807) is 0 Å². The molecule has 0 fully saturated rings. The molecule has 12 heavy (non-hydrogen) atoms. The van der Waals surface area contributed by atoms with Gasteiger partial charge in [-0.25, -0.2) is 0 Å². The lowest BCUT2D eigenvalue weighted by atomic mass is 10.4. The summed E-state index contributed by atoms with van der Waals surface area (Å²) in [7, 11) is 0.